The molecule has 0 spiro atoms. The van der Waals surface area contributed by atoms with Gasteiger partial charge in [-0.2, -0.15) is 0 Å². The Labute approximate surface area is 93.7 Å². The molecule has 0 bridgehead atoms. The van der Waals surface area contributed by atoms with E-state index >= 15 is 0 Å². The highest BCUT2D eigenvalue weighted by Gasteiger charge is 2.12. The zero-order chi connectivity index (χ0) is 12.4. The second kappa shape index (κ2) is 4.00. The lowest BCUT2D eigenvalue weighted by molar-refractivity contribution is -0.712. The molecule has 0 N–H and O–H groups in total. The van der Waals surface area contributed by atoms with Crippen LogP contribution in [-0.2, 0) is 0 Å². The number of non-ortho nitro benzene ring substituents is 1. The molecule has 0 atom stereocenters. The van der Waals surface area contributed by atoms with E-state index in [0.717, 1.165) is 0 Å². The van der Waals surface area contributed by atoms with Crippen molar-refractivity contribution in [3.63, 3.8) is 0 Å². The molecule has 0 fully saturated rings. The van der Waals surface area contributed by atoms with Crippen molar-refractivity contribution in [3.8, 4) is 5.88 Å². The van der Waals surface area contributed by atoms with Gasteiger partial charge in [-0.3, -0.25) is 15.0 Å². The molecule has 0 amide bonds. The minimum atomic E-state index is -0.995. The molecule has 1 heterocycles. The number of hydrogen-bond acceptors (Lipinski definition) is 6. The van der Waals surface area contributed by atoms with E-state index in [4.69, 9.17) is 0 Å². The summed E-state index contributed by atoms with van der Waals surface area (Å²) < 4.78 is 0. The van der Waals surface area contributed by atoms with E-state index in [1.165, 1.54) is 30.3 Å². The van der Waals surface area contributed by atoms with Crippen LogP contribution in [0.4, 0.5) is 5.69 Å². The summed E-state index contributed by atoms with van der Waals surface area (Å²) in [5, 5.41) is 20.1. The van der Waals surface area contributed by atoms with Crippen LogP contribution in [0.5, 0.6) is 5.88 Å². The number of fused-ring (bicyclic) bond motifs is 1. The van der Waals surface area contributed by atoms with Crippen LogP contribution >= 0.6 is 0 Å². The van der Waals surface area contributed by atoms with Crippen LogP contribution in [0.3, 0.4) is 0 Å². The van der Waals surface area contributed by atoms with Gasteiger partial charge in [-0.1, -0.05) is 6.07 Å². The first-order valence-electron chi connectivity index (χ1n) is 4.44. The minimum absolute atomic E-state index is 0.109. The van der Waals surface area contributed by atoms with Gasteiger partial charge in [-0.15, -0.1) is 10.1 Å². The van der Waals surface area contributed by atoms with Gasteiger partial charge in [0.25, 0.3) is 5.69 Å². The molecule has 17 heavy (non-hydrogen) atoms. The molecule has 0 radical (unpaired) electrons. The number of nitro groups is 1. The molecule has 0 saturated heterocycles. The average Bonchev–Trinajstić information content (AvgIpc) is 2.26. The Morgan fingerprint density at radius 2 is 1.88 bits per heavy atom. The van der Waals surface area contributed by atoms with Crippen molar-refractivity contribution in [2.75, 3.05) is 0 Å². The SMILES string of the molecule is O=[N+]([O-])Oc1ccc2c([N+](=O)[O-])cccc2n1. The lowest BCUT2D eigenvalue weighted by Gasteiger charge is -2.01. The molecule has 86 valence electrons. The topological polar surface area (TPSA) is 108 Å². The van der Waals surface area contributed by atoms with Crippen LogP contribution in [-0.4, -0.2) is 15.0 Å². The summed E-state index contributed by atoms with van der Waals surface area (Å²) in [4.78, 5) is 28.2. The molecule has 0 aliphatic rings. The van der Waals surface area contributed by atoms with E-state index < -0.39 is 10.0 Å². The van der Waals surface area contributed by atoms with Gasteiger partial charge in [0, 0.05) is 6.07 Å². The van der Waals surface area contributed by atoms with Gasteiger partial charge in [-0.05, 0) is 18.2 Å². The second-order valence-corrected chi connectivity index (χ2v) is 3.07. The Balaban J connectivity index is 2.56. The van der Waals surface area contributed by atoms with Gasteiger partial charge in [0.15, 0.2) is 0 Å². The number of aromatic nitrogens is 1. The Morgan fingerprint density at radius 3 is 2.53 bits per heavy atom. The van der Waals surface area contributed by atoms with Gasteiger partial charge < -0.3 is 0 Å². The Kier molecular flexibility index (Phi) is 2.53. The maximum absolute atomic E-state index is 10.7. The Morgan fingerprint density at radius 1 is 1.12 bits per heavy atom. The first-order valence-corrected chi connectivity index (χ1v) is 4.44. The number of nitro benzene ring substituents is 1. The molecule has 8 nitrogen and oxygen atoms in total. The standard InChI is InChI=1S/C9H5N3O5/c13-11(14)8-3-1-2-7-6(8)4-5-9(10-7)17-12(15)16/h1-5H. The van der Waals surface area contributed by atoms with Gasteiger partial charge in [0.2, 0.25) is 5.88 Å². The molecule has 2 rings (SSSR count). The average molecular weight is 235 g/mol. The molecule has 8 heteroatoms. The number of pyridine rings is 1. The summed E-state index contributed by atoms with van der Waals surface area (Å²) in [7, 11) is 0. The van der Waals surface area contributed by atoms with Crippen molar-refractivity contribution in [2.24, 2.45) is 0 Å². The molecule has 2 aromatic rings. The zero-order valence-electron chi connectivity index (χ0n) is 8.27. The first kappa shape index (κ1) is 10.7. The summed E-state index contributed by atoms with van der Waals surface area (Å²) in [5.41, 5.74) is 0.154. The van der Waals surface area contributed by atoms with Crippen molar-refractivity contribution in [1.29, 1.82) is 0 Å². The summed E-state index contributed by atoms with van der Waals surface area (Å²) in [6.45, 7) is 0. The highest BCUT2D eigenvalue weighted by atomic mass is 17.0. The lowest BCUT2D eigenvalue weighted by Crippen LogP contribution is -2.04. The highest BCUT2D eigenvalue weighted by molar-refractivity contribution is 5.88. The summed E-state index contributed by atoms with van der Waals surface area (Å²) in [6, 6.07) is 6.86. The second-order valence-electron chi connectivity index (χ2n) is 3.07. The smallest absolute Gasteiger partial charge is 0.258 e. The molecule has 1 aromatic heterocycles. The van der Waals surface area contributed by atoms with Gasteiger partial charge in [0.05, 0.1) is 15.8 Å². The van der Waals surface area contributed by atoms with Crippen LogP contribution in [0.2, 0.25) is 0 Å². The number of benzene rings is 1. The Bertz CT molecular complexity index is 613. The van der Waals surface area contributed by atoms with Crippen LogP contribution in [0.15, 0.2) is 30.3 Å². The third-order valence-corrected chi connectivity index (χ3v) is 2.05. The van der Waals surface area contributed by atoms with Gasteiger partial charge in [-0.25, -0.2) is 4.98 Å². The first-order chi connectivity index (χ1) is 8.08. The summed E-state index contributed by atoms with van der Waals surface area (Å²) >= 11 is 0. The quantitative estimate of drug-likeness (QED) is 0.591. The van der Waals surface area contributed by atoms with E-state index in [1.807, 2.05) is 0 Å². The van der Waals surface area contributed by atoms with E-state index in [9.17, 15) is 20.2 Å². The molecular weight excluding hydrogens is 230 g/mol. The number of nitrogens with zero attached hydrogens (tertiary/aromatic N) is 3. The van der Waals surface area contributed by atoms with Crippen molar-refractivity contribution in [2.45, 2.75) is 0 Å². The van der Waals surface area contributed by atoms with Crippen LogP contribution < -0.4 is 4.84 Å². The molecule has 0 aliphatic heterocycles. The van der Waals surface area contributed by atoms with Crippen molar-refractivity contribution in [1.82, 2.24) is 4.98 Å². The van der Waals surface area contributed by atoms with Crippen LogP contribution in [0.1, 0.15) is 0 Å². The highest BCUT2D eigenvalue weighted by Crippen LogP contribution is 2.25. The van der Waals surface area contributed by atoms with Crippen LogP contribution in [0.25, 0.3) is 10.9 Å². The number of hydrogen-bond donors (Lipinski definition) is 0. The van der Waals surface area contributed by atoms with Crippen LogP contribution in [0, 0.1) is 20.2 Å². The maximum atomic E-state index is 10.7. The molecule has 1 aromatic carbocycles. The third kappa shape index (κ3) is 2.09. The summed E-state index contributed by atoms with van der Waals surface area (Å²) in [6.07, 6.45) is 0. The van der Waals surface area contributed by atoms with E-state index in [-0.39, 0.29) is 17.1 Å². The minimum Gasteiger partial charge on any atom is -0.258 e. The monoisotopic (exact) mass is 235 g/mol. The van der Waals surface area contributed by atoms with Crippen molar-refractivity contribution in [3.05, 3.63) is 50.6 Å². The van der Waals surface area contributed by atoms with E-state index in [2.05, 4.69) is 9.82 Å². The van der Waals surface area contributed by atoms with E-state index in [1.54, 1.807) is 0 Å². The number of rotatable bonds is 3. The molecule has 0 unspecified atom stereocenters. The normalized spacial score (nSPS) is 10.1. The molecule has 0 aliphatic carbocycles. The fourth-order valence-corrected chi connectivity index (χ4v) is 1.41. The van der Waals surface area contributed by atoms with Gasteiger partial charge in [0.1, 0.15) is 0 Å². The largest absolute Gasteiger partial charge is 0.301 e. The zero-order valence-corrected chi connectivity index (χ0v) is 8.27. The molecular formula is C9H5N3O5. The molecule has 0 saturated carbocycles. The lowest BCUT2D eigenvalue weighted by atomic mass is 10.2. The predicted octanol–water partition coefficient (Wildman–Crippen LogP) is 1.71. The van der Waals surface area contributed by atoms with Gasteiger partial charge >= 0.3 is 5.09 Å². The Hall–Kier alpha value is -2.77. The fourth-order valence-electron chi connectivity index (χ4n) is 1.41. The third-order valence-electron chi connectivity index (χ3n) is 2.05. The van der Waals surface area contributed by atoms with Crippen molar-refractivity contribution < 1.29 is 14.8 Å². The summed E-state index contributed by atoms with van der Waals surface area (Å²) in [5.74, 6) is -0.219. The fraction of sp³-hybridized carbons (Fsp3) is 0. The predicted molar refractivity (Wildman–Crippen MR) is 56.0 cm³/mol. The van der Waals surface area contributed by atoms with Crippen molar-refractivity contribution >= 4 is 16.6 Å². The van der Waals surface area contributed by atoms with E-state index in [0.29, 0.717) is 5.39 Å². The maximum Gasteiger partial charge on any atom is 0.301 e.